The molecule has 3 nitrogen and oxygen atoms in total. The highest BCUT2D eigenvalue weighted by molar-refractivity contribution is 5.27. The van der Waals surface area contributed by atoms with Crippen molar-refractivity contribution in [3.63, 3.8) is 0 Å². The molecule has 0 aliphatic carbocycles. The van der Waals surface area contributed by atoms with Crippen molar-refractivity contribution in [2.24, 2.45) is 0 Å². The maximum atomic E-state index is 8.61. The molecule has 0 radical (unpaired) electrons. The molecular weight excluding hydrogens is 142 g/mol. The van der Waals surface area contributed by atoms with Crippen molar-refractivity contribution in [3.8, 4) is 6.07 Å². The van der Waals surface area contributed by atoms with Crippen LogP contribution in [0.25, 0.3) is 0 Å². The first-order chi connectivity index (χ1) is 5.37. The summed E-state index contributed by atoms with van der Waals surface area (Å²) in [5.41, 5.74) is 0.738. The molecule has 1 aliphatic rings. The van der Waals surface area contributed by atoms with Crippen LogP contribution in [0.15, 0.2) is 30.3 Å². The summed E-state index contributed by atoms with van der Waals surface area (Å²) in [6.45, 7) is 0. The van der Waals surface area contributed by atoms with Crippen LogP contribution in [0, 0.1) is 11.3 Å². The van der Waals surface area contributed by atoms with Gasteiger partial charge in [-0.05, 0) is 0 Å². The molecule has 0 unspecified atom stereocenters. The fraction of sp³-hybridized carbons (Fsp3) is 0.125. The molecule has 1 aromatic carbocycles. The van der Waals surface area contributed by atoms with E-state index in [4.69, 9.17) is 5.26 Å². The number of nitriles is 1. The first kappa shape index (κ1) is 6.35. The zero-order valence-corrected chi connectivity index (χ0v) is 5.65. The van der Waals surface area contributed by atoms with Crippen molar-refractivity contribution < 1.29 is 9.78 Å². The van der Waals surface area contributed by atoms with Crippen LogP contribution in [0.3, 0.4) is 0 Å². The Morgan fingerprint density at radius 2 is 1.82 bits per heavy atom. The van der Waals surface area contributed by atoms with E-state index in [1.165, 1.54) is 0 Å². The van der Waals surface area contributed by atoms with Crippen LogP contribution in [-0.4, -0.2) is 0 Å². The van der Waals surface area contributed by atoms with Crippen molar-refractivity contribution in [1.29, 1.82) is 5.26 Å². The monoisotopic (exact) mass is 147 g/mol. The summed E-state index contributed by atoms with van der Waals surface area (Å²) >= 11 is 0. The number of hydrogen-bond donors (Lipinski definition) is 0. The highest BCUT2D eigenvalue weighted by atomic mass is 17.4. The Hall–Kier alpha value is -1.37. The van der Waals surface area contributed by atoms with E-state index < -0.39 is 5.79 Å². The molecule has 11 heavy (non-hydrogen) atoms. The first-order valence-corrected chi connectivity index (χ1v) is 3.21. The number of rotatable bonds is 1. The van der Waals surface area contributed by atoms with Gasteiger partial charge in [-0.3, -0.25) is 0 Å². The number of hydrogen-bond acceptors (Lipinski definition) is 3. The summed E-state index contributed by atoms with van der Waals surface area (Å²) in [5.74, 6) is -1.11. The number of nitrogens with zero attached hydrogens (tertiary/aromatic N) is 1. The van der Waals surface area contributed by atoms with Crippen LogP contribution in [0.4, 0.5) is 0 Å². The molecule has 1 saturated heterocycles. The van der Waals surface area contributed by atoms with Crippen LogP contribution < -0.4 is 0 Å². The second-order valence-corrected chi connectivity index (χ2v) is 2.26. The van der Waals surface area contributed by atoms with Gasteiger partial charge in [-0.2, -0.15) is 15.0 Å². The second-order valence-electron chi connectivity index (χ2n) is 2.26. The highest BCUT2D eigenvalue weighted by Gasteiger charge is 2.51. The Morgan fingerprint density at radius 3 is 2.27 bits per heavy atom. The molecular formula is C8H5NO2. The van der Waals surface area contributed by atoms with E-state index in [0.29, 0.717) is 0 Å². The Labute approximate surface area is 63.7 Å². The van der Waals surface area contributed by atoms with Crippen LogP contribution >= 0.6 is 0 Å². The summed E-state index contributed by atoms with van der Waals surface area (Å²) in [5, 5.41) is 8.61. The third kappa shape index (κ3) is 0.891. The largest absolute Gasteiger partial charge is 0.343 e. The summed E-state index contributed by atoms with van der Waals surface area (Å²) in [6, 6.07) is 11.0. The van der Waals surface area contributed by atoms with Crippen molar-refractivity contribution in [3.05, 3.63) is 35.9 Å². The molecule has 54 valence electrons. The van der Waals surface area contributed by atoms with Crippen molar-refractivity contribution >= 4 is 0 Å². The van der Waals surface area contributed by atoms with Gasteiger partial charge in [0.25, 0.3) is 0 Å². The molecule has 0 atom stereocenters. The summed E-state index contributed by atoms with van der Waals surface area (Å²) in [7, 11) is 0. The minimum atomic E-state index is -1.11. The standard InChI is InChI=1S/C8H5NO2/c9-6-8(10-11-8)7-4-2-1-3-5-7/h1-5H. The average Bonchev–Trinajstić information content (AvgIpc) is 2.86. The van der Waals surface area contributed by atoms with E-state index in [0.717, 1.165) is 5.56 Å². The molecule has 0 amide bonds. The Bertz CT molecular complexity index is 298. The lowest BCUT2D eigenvalue weighted by Crippen LogP contribution is -2.02. The van der Waals surface area contributed by atoms with Gasteiger partial charge in [0.15, 0.2) is 0 Å². The number of benzene rings is 1. The summed E-state index contributed by atoms with van der Waals surface area (Å²) < 4.78 is 0. The Morgan fingerprint density at radius 1 is 1.18 bits per heavy atom. The highest BCUT2D eigenvalue weighted by Crippen LogP contribution is 2.39. The quantitative estimate of drug-likeness (QED) is 0.444. The van der Waals surface area contributed by atoms with Crippen LogP contribution in [-0.2, 0) is 15.6 Å². The molecule has 0 spiro atoms. The maximum absolute atomic E-state index is 8.61. The van der Waals surface area contributed by atoms with E-state index in [1.807, 2.05) is 24.3 Å². The third-order valence-corrected chi connectivity index (χ3v) is 1.55. The molecule has 2 rings (SSSR count). The summed E-state index contributed by atoms with van der Waals surface area (Å²) in [4.78, 5) is 9.14. The Balaban J connectivity index is 2.39. The lowest BCUT2D eigenvalue weighted by molar-refractivity contribution is 0.0850. The smallest absolute Gasteiger partial charge is 0.192 e. The van der Waals surface area contributed by atoms with E-state index >= 15 is 0 Å². The maximum Gasteiger partial charge on any atom is 0.343 e. The normalized spacial score (nSPS) is 18.8. The van der Waals surface area contributed by atoms with Gasteiger partial charge in [0.05, 0.1) is 0 Å². The molecule has 0 bridgehead atoms. The van der Waals surface area contributed by atoms with Gasteiger partial charge in [0.2, 0.25) is 0 Å². The molecule has 1 fully saturated rings. The zero-order valence-electron chi connectivity index (χ0n) is 5.65. The van der Waals surface area contributed by atoms with Gasteiger partial charge in [-0.25, -0.2) is 0 Å². The fourth-order valence-electron chi connectivity index (χ4n) is 0.897. The van der Waals surface area contributed by atoms with Crippen LogP contribution in [0.2, 0.25) is 0 Å². The Kier molecular flexibility index (Phi) is 1.19. The van der Waals surface area contributed by atoms with E-state index in [9.17, 15) is 0 Å². The van der Waals surface area contributed by atoms with E-state index in [1.54, 1.807) is 12.1 Å². The lowest BCUT2D eigenvalue weighted by atomic mass is 10.1. The molecule has 0 aromatic heterocycles. The van der Waals surface area contributed by atoms with Crippen molar-refractivity contribution in [2.45, 2.75) is 5.79 Å². The van der Waals surface area contributed by atoms with E-state index in [-0.39, 0.29) is 0 Å². The van der Waals surface area contributed by atoms with Gasteiger partial charge in [0.1, 0.15) is 6.07 Å². The molecule has 1 aromatic rings. The molecule has 0 N–H and O–H groups in total. The molecule has 1 aliphatic heterocycles. The minimum absolute atomic E-state index is 0.738. The van der Waals surface area contributed by atoms with Gasteiger partial charge in [0, 0.05) is 5.56 Å². The van der Waals surface area contributed by atoms with Gasteiger partial charge < -0.3 is 0 Å². The van der Waals surface area contributed by atoms with Crippen LogP contribution in [0.5, 0.6) is 0 Å². The minimum Gasteiger partial charge on any atom is -0.192 e. The summed E-state index contributed by atoms with van der Waals surface area (Å²) in [6.07, 6.45) is 0. The van der Waals surface area contributed by atoms with E-state index in [2.05, 4.69) is 9.78 Å². The first-order valence-electron chi connectivity index (χ1n) is 3.21. The predicted octanol–water partition coefficient (Wildman–Crippen LogP) is 1.32. The zero-order chi connectivity index (χ0) is 7.73. The SMILES string of the molecule is N#CC1(c2ccccc2)OO1. The molecule has 0 saturated carbocycles. The fourth-order valence-corrected chi connectivity index (χ4v) is 0.897. The predicted molar refractivity (Wildman–Crippen MR) is 35.9 cm³/mol. The average molecular weight is 147 g/mol. The molecule has 3 heteroatoms. The van der Waals surface area contributed by atoms with Gasteiger partial charge in [-0.15, -0.1) is 0 Å². The second kappa shape index (κ2) is 2.06. The topological polar surface area (TPSA) is 48.9 Å². The van der Waals surface area contributed by atoms with Crippen molar-refractivity contribution in [2.75, 3.05) is 0 Å². The molecule has 1 heterocycles. The van der Waals surface area contributed by atoms with Gasteiger partial charge in [-0.1, -0.05) is 30.3 Å². The van der Waals surface area contributed by atoms with Crippen LogP contribution in [0.1, 0.15) is 5.56 Å². The lowest BCUT2D eigenvalue weighted by Gasteiger charge is -1.94. The van der Waals surface area contributed by atoms with Crippen molar-refractivity contribution in [1.82, 2.24) is 0 Å². The van der Waals surface area contributed by atoms with Gasteiger partial charge >= 0.3 is 5.79 Å². The third-order valence-electron chi connectivity index (χ3n) is 1.55.